The molecule has 2 aromatic heterocycles. The molecule has 0 aliphatic carbocycles. The average molecular weight is 352 g/mol. The van der Waals surface area contributed by atoms with Gasteiger partial charge in [0.05, 0.1) is 5.69 Å². The molecule has 0 spiro atoms. The lowest BCUT2D eigenvalue weighted by Crippen LogP contribution is -2.29. The molecule has 4 rings (SSSR count). The summed E-state index contributed by atoms with van der Waals surface area (Å²) in [7, 11) is 1.86. The van der Waals surface area contributed by atoms with E-state index in [0.717, 1.165) is 31.7 Å². The number of fused-ring (bicyclic) bond motifs is 1. The molecular formula is C19H20N4OS. The van der Waals surface area contributed by atoms with Crippen molar-refractivity contribution in [1.29, 1.82) is 0 Å². The Morgan fingerprint density at radius 1 is 1.24 bits per heavy atom. The molecule has 3 aromatic rings. The van der Waals surface area contributed by atoms with Gasteiger partial charge in [0, 0.05) is 44.2 Å². The number of thiazole rings is 1. The molecule has 128 valence electrons. The van der Waals surface area contributed by atoms with E-state index in [1.165, 1.54) is 10.4 Å². The molecule has 5 nitrogen and oxygen atoms in total. The number of amides is 1. The van der Waals surface area contributed by atoms with Gasteiger partial charge >= 0.3 is 0 Å². The topological polar surface area (TPSA) is 50.2 Å². The Bertz CT molecular complexity index is 884. The third kappa shape index (κ3) is 3.50. The number of aromatic nitrogens is 2. The zero-order valence-corrected chi connectivity index (χ0v) is 14.9. The van der Waals surface area contributed by atoms with E-state index in [1.807, 2.05) is 36.0 Å². The first-order chi connectivity index (χ1) is 12.2. The Kier molecular flexibility index (Phi) is 4.38. The van der Waals surface area contributed by atoms with Gasteiger partial charge in [-0.05, 0) is 17.7 Å². The molecule has 0 saturated heterocycles. The average Bonchev–Trinajstić information content (AvgIpc) is 3.21. The molecular weight excluding hydrogens is 332 g/mol. The van der Waals surface area contributed by atoms with Crippen LogP contribution in [0.1, 0.15) is 26.6 Å². The molecule has 1 amide bonds. The Morgan fingerprint density at radius 2 is 2.08 bits per heavy atom. The first-order valence-electron chi connectivity index (χ1n) is 8.36. The molecule has 1 aliphatic rings. The van der Waals surface area contributed by atoms with Crippen LogP contribution in [0.25, 0.3) is 0 Å². The second-order valence-corrected chi connectivity index (χ2v) is 7.38. The molecule has 0 atom stereocenters. The summed E-state index contributed by atoms with van der Waals surface area (Å²) in [6.45, 7) is 2.84. The highest BCUT2D eigenvalue weighted by atomic mass is 32.1. The summed E-state index contributed by atoms with van der Waals surface area (Å²) in [6.07, 6.45) is 2.79. The van der Waals surface area contributed by atoms with Gasteiger partial charge in [-0.1, -0.05) is 30.3 Å². The van der Waals surface area contributed by atoms with Crippen LogP contribution in [-0.4, -0.2) is 26.9 Å². The fourth-order valence-corrected chi connectivity index (χ4v) is 4.18. The minimum Gasteiger partial charge on any atom is -0.347 e. The van der Waals surface area contributed by atoms with Gasteiger partial charge in [0.1, 0.15) is 5.69 Å². The molecule has 0 unspecified atom stereocenters. The van der Waals surface area contributed by atoms with Gasteiger partial charge in [-0.15, -0.1) is 11.3 Å². The minimum absolute atomic E-state index is 0.111. The van der Waals surface area contributed by atoms with Crippen LogP contribution in [0.5, 0.6) is 0 Å². The van der Waals surface area contributed by atoms with Crippen molar-refractivity contribution in [3.05, 3.63) is 70.5 Å². The maximum Gasteiger partial charge on any atom is 0.274 e. The quantitative estimate of drug-likeness (QED) is 0.784. The Balaban J connectivity index is 1.44. The van der Waals surface area contributed by atoms with Gasteiger partial charge in [0.25, 0.3) is 5.91 Å². The number of anilines is 1. The minimum atomic E-state index is -0.111. The third-order valence-corrected chi connectivity index (χ3v) is 5.45. The summed E-state index contributed by atoms with van der Waals surface area (Å²) in [4.78, 5) is 20.6. The number of hydrogen-bond acceptors (Lipinski definition) is 4. The normalized spacial score (nSPS) is 14.3. The summed E-state index contributed by atoms with van der Waals surface area (Å²) in [5.41, 5.74) is 3.09. The molecule has 3 heterocycles. The van der Waals surface area contributed by atoms with E-state index in [0.29, 0.717) is 10.8 Å². The van der Waals surface area contributed by atoms with Crippen LogP contribution < -0.4 is 5.32 Å². The van der Waals surface area contributed by atoms with Crippen molar-refractivity contribution in [2.24, 2.45) is 7.05 Å². The third-order valence-electron chi connectivity index (χ3n) is 4.46. The SMILES string of the molecule is Cn1cccc1C(=O)Nc1nc2c(s1)CN(Cc1ccccc1)CC2. The van der Waals surface area contributed by atoms with Crippen molar-refractivity contribution < 1.29 is 4.79 Å². The smallest absolute Gasteiger partial charge is 0.274 e. The molecule has 0 bridgehead atoms. The zero-order valence-electron chi connectivity index (χ0n) is 14.1. The molecule has 1 aliphatic heterocycles. The number of carbonyl (C=O) groups excluding carboxylic acids is 1. The molecule has 6 heteroatoms. The number of aryl methyl sites for hydroxylation is 1. The molecule has 25 heavy (non-hydrogen) atoms. The van der Waals surface area contributed by atoms with Crippen molar-refractivity contribution in [2.45, 2.75) is 19.5 Å². The first kappa shape index (κ1) is 16.1. The summed E-state index contributed by atoms with van der Waals surface area (Å²) in [5, 5.41) is 3.63. The summed E-state index contributed by atoms with van der Waals surface area (Å²) in [6, 6.07) is 14.2. The lowest BCUT2D eigenvalue weighted by atomic mass is 10.1. The van der Waals surface area contributed by atoms with Crippen LogP contribution in [0, 0.1) is 0 Å². The fourth-order valence-electron chi connectivity index (χ4n) is 3.14. The van der Waals surface area contributed by atoms with Crippen molar-refractivity contribution >= 4 is 22.4 Å². The summed E-state index contributed by atoms with van der Waals surface area (Å²) in [5.74, 6) is -0.111. The van der Waals surface area contributed by atoms with Gasteiger partial charge in [-0.2, -0.15) is 0 Å². The van der Waals surface area contributed by atoms with Crippen LogP contribution in [-0.2, 0) is 26.6 Å². The van der Waals surface area contributed by atoms with Gasteiger partial charge in [0.2, 0.25) is 0 Å². The highest BCUT2D eigenvalue weighted by Crippen LogP contribution is 2.29. The van der Waals surface area contributed by atoms with Crippen LogP contribution >= 0.6 is 11.3 Å². The van der Waals surface area contributed by atoms with E-state index in [2.05, 4.69) is 39.5 Å². The summed E-state index contributed by atoms with van der Waals surface area (Å²) >= 11 is 1.59. The Morgan fingerprint density at radius 3 is 2.84 bits per heavy atom. The zero-order chi connectivity index (χ0) is 17.2. The van der Waals surface area contributed by atoms with E-state index in [4.69, 9.17) is 0 Å². The number of rotatable bonds is 4. The summed E-state index contributed by atoms with van der Waals surface area (Å²) < 4.78 is 1.81. The van der Waals surface area contributed by atoms with Crippen LogP contribution in [0.4, 0.5) is 5.13 Å². The van der Waals surface area contributed by atoms with E-state index < -0.39 is 0 Å². The highest BCUT2D eigenvalue weighted by molar-refractivity contribution is 7.15. The van der Waals surface area contributed by atoms with E-state index >= 15 is 0 Å². The Hall–Kier alpha value is -2.44. The van der Waals surface area contributed by atoms with Crippen molar-refractivity contribution in [2.75, 3.05) is 11.9 Å². The van der Waals surface area contributed by atoms with Gasteiger partial charge in [-0.3, -0.25) is 15.0 Å². The van der Waals surface area contributed by atoms with Crippen LogP contribution in [0.15, 0.2) is 48.7 Å². The van der Waals surface area contributed by atoms with E-state index in [1.54, 1.807) is 11.3 Å². The Labute approximate surface area is 150 Å². The van der Waals surface area contributed by atoms with E-state index in [9.17, 15) is 4.79 Å². The molecule has 0 fully saturated rings. The van der Waals surface area contributed by atoms with Crippen LogP contribution in [0.3, 0.4) is 0 Å². The predicted molar refractivity (Wildman–Crippen MR) is 99.7 cm³/mol. The maximum absolute atomic E-state index is 12.3. The monoisotopic (exact) mass is 352 g/mol. The largest absolute Gasteiger partial charge is 0.347 e. The molecule has 0 saturated carbocycles. The second kappa shape index (κ2) is 6.82. The first-order valence-corrected chi connectivity index (χ1v) is 9.18. The highest BCUT2D eigenvalue weighted by Gasteiger charge is 2.22. The molecule has 1 aromatic carbocycles. The predicted octanol–water partition coefficient (Wildman–Crippen LogP) is 3.29. The number of nitrogens with one attached hydrogen (secondary N) is 1. The van der Waals surface area contributed by atoms with Crippen LogP contribution in [0.2, 0.25) is 0 Å². The van der Waals surface area contributed by atoms with Crippen molar-refractivity contribution in [3.63, 3.8) is 0 Å². The van der Waals surface area contributed by atoms with E-state index in [-0.39, 0.29) is 5.91 Å². The number of benzene rings is 1. The second-order valence-electron chi connectivity index (χ2n) is 6.29. The van der Waals surface area contributed by atoms with Gasteiger partial charge in [-0.25, -0.2) is 4.98 Å². The van der Waals surface area contributed by atoms with Crippen molar-refractivity contribution in [3.8, 4) is 0 Å². The molecule has 0 radical (unpaired) electrons. The van der Waals surface area contributed by atoms with Gasteiger partial charge < -0.3 is 4.57 Å². The number of carbonyl (C=O) groups is 1. The standard InChI is InChI=1S/C19H20N4OS/c1-22-10-5-8-16(22)18(24)21-19-20-15-9-11-23(13-17(15)25-19)12-14-6-3-2-4-7-14/h2-8,10H,9,11-13H2,1H3,(H,20,21,24). The molecule has 1 N–H and O–H groups in total. The number of hydrogen-bond donors (Lipinski definition) is 1. The number of nitrogens with zero attached hydrogens (tertiary/aromatic N) is 3. The van der Waals surface area contributed by atoms with Crippen molar-refractivity contribution in [1.82, 2.24) is 14.5 Å². The van der Waals surface area contributed by atoms with Gasteiger partial charge in [0.15, 0.2) is 5.13 Å². The lowest BCUT2D eigenvalue weighted by Gasteiger charge is -2.25. The lowest BCUT2D eigenvalue weighted by molar-refractivity contribution is 0.101. The fraction of sp³-hybridized carbons (Fsp3) is 0.263. The maximum atomic E-state index is 12.3.